The number of alkyl halides is 1. The fourth-order valence-corrected chi connectivity index (χ4v) is 2.08. The van der Waals surface area contributed by atoms with Crippen LogP contribution in [0.4, 0.5) is 4.39 Å². The van der Waals surface area contributed by atoms with Gasteiger partial charge in [0.15, 0.2) is 0 Å². The lowest BCUT2D eigenvalue weighted by Gasteiger charge is -2.14. The molecule has 0 amide bonds. The molecule has 0 aliphatic rings. The molecule has 0 aliphatic carbocycles. The molecule has 14 heavy (non-hydrogen) atoms. The molecule has 1 aromatic rings. The van der Waals surface area contributed by atoms with Gasteiger partial charge in [0, 0.05) is 10.4 Å². The second kappa shape index (κ2) is 4.99. The Balaban J connectivity index is 2.88. The summed E-state index contributed by atoms with van der Waals surface area (Å²) >= 11 is 11.8. The molecule has 2 unspecified atom stereocenters. The van der Waals surface area contributed by atoms with Crippen LogP contribution in [0, 0.1) is 5.82 Å². The Kier molecular flexibility index (Phi) is 4.21. The summed E-state index contributed by atoms with van der Waals surface area (Å²) in [6, 6.07) is 4.43. The molecule has 0 heterocycles. The Hall–Kier alpha value is -0.270. The molecule has 0 fully saturated rings. The summed E-state index contributed by atoms with van der Waals surface area (Å²) in [5.74, 6) is -0.0656. The SMILES string of the molecule is CC(Cl)CC(C)c1cc(F)ccc1Cl. The third kappa shape index (κ3) is 3.14. The molecule has 1 rings (SSSR count). The first-order chi connectivity index (χ1) is 6.50. The number of benzene rings is 1. The molecule has 0 aromatic heterocycles. The normalized spacial score (nSPS) is 15.2. The Morgan fingerprint density at radius 2 is 2.00 bits per heavy atom. The molecule has 0 saturated carbocycles. The lowest BCUT2D eigenvalue weighted by atomic mass is 9.96. The van der Waals surface area contributed by atoms with Crippen LogP contribution in [0.5, 0.6) is 0 Å². The molecule has 0 radical (unpaired) electrons. The van der Waals surface area contributed by atoms with E-state index >= 15 is 0 Å². The van der Waals surface area contributed by atoms with Crippen molar-refractivity contribution in [3.63, 3.8) is 0 Å². The smallest absolute Gasteiger partial charge is 0.123 e. The van der Waals surface area contributed by atoms with Crippen molar-refractivity contribution < 1.29 is 4.39 Å². The lowest BCUT2D eigenvalue weighted by Crippen LogP contribution is -2.02. The molecule has 1 aromatic carbocycles. The lowest BCUT2D eigenvalue weighted by molar-refractivity contribution is 0.614. The Morgan fingerprint density at radius 1 is 1.36 bits per heavy atom. The van der Waals surface area contributed by atoms with E-state index < -0.39 is 0 Å². The summed E-state index contributed by atoms with van der Waals surface area (Å²) in [6.45, 7) is 3.92. The van der Waals surface area contributed by atoms with E-state index in [0.717, 1.165) is 12.0 Å². The highest BCUT2D eigenvalue weighted by molar-refractivity contribution is 6.31. The van der Waals surface area contributed by atoms with Crippen molar-refractivity contribution in [2.24, 2.45) is 0 Å². The van der Waals surface area contributed by atoms with Crippen molar-refractivity contribution in [2.45, 2.75) is 31.6 Å². The average Bonchev–Trinajstić information content (AvgIpc) is 2.08. The first kappa shape index (κ1) is 11.8. The third-order valence-electron chi connectivity index (χ3n) is 2.17. The summed E-state index contributed by atoms with van der Waals surface area (Å²) in [4.78, 5) is 0. The maximum atomic E-state index is 13.0. The predicted octanol–water partition coefficient (Wildman–Crippen LogP) is 4.60. The van der Waals surface area contributed by atoms with Crippen molar-refractivity contribution in [3.05, 3.63) is 34.6 Å². The third-order valence-corrected chi connectivity index (χ3v) is 2.69. The summed E-state index contributed by atoms with van der Waals surface area (Å²) in [5, 5.41) is 0.681. The fraction of sp³-hybridized carbons (Fsp3) is 0.455. The van der Waals surface area contributed by atoms with E-state index in [0.29, 0.717) is 5.02 Å². The van der Waals surface area contributed by atoms with Gasteiger partial charge in [-0.05, 0) is 43.0 Å². The van der Waals surface area contributed by atoms with Gasteiger partial charge in [0.1, 0.15) is 5.82 Å². The van der Waals surface area contributed by atoms with Crippen molar-refractivity contribution in [1.29, 1.82) is 0 Å². The van der Waals surface area contributed by atoms with Crippen molar-refractivity contribution >= 4 is 23.2 Å². The van der Waals surface area contributed by atoms with Gasteiger partial charge in [-0.15, -0.1) is 11.6 Å². The van der Waals surface area contributed by atoms with Crippen LogP contribution >= 0.6 is 23.2 Å². The van der Waals surface area contributed by atoms with E-state index in [1.54, 1.807) is 6.07 Å². The predicted molar refractivity (Wildman–Crippen MR) is 59.8 cm³/mol. The van der Waals surface area contributed by atoms with E-state index in [-0.39, 0.29) is 17.1 Å². The van der Waals surface area contributed by atoms with Gasteiger partial charge < -0.3 is 0 Å². The zero-order valence-electron chi connectivity index (χ0n) is 8.23. The summed E-state index contributed by atoms with van der Waals surface area (Å²) in [5.41, 5.74) is 0.833. The van der Waals surface area contributed by atoms with Gasteiger partial charge in [0.2, 0.25) is 0 Å². The molecule has 0 nitrogen and oxygen atoms in total. The van der Waals surface area contributed by atoms with Crippen LogP contribution in [0.3, 0.4) is 0 Å². The van der Waals surface area contributed by atoms with Crippen LogP contribution in [0.1, 0.15) is 31.7 Å². The Bertz CT molecular complexity index is 310. The van der Waals surface area contributed by atoms with Gasteiger partial charge >= 0.3 is 0 Å². The van der Waals surface area contributed by atoms with Crippen LogP contribution in [0.25, 0.3) is 0 Å². The first-order valence-corrected chi connectivity index (χ1v) is 5.41. The maximum Gasteiger partial charge on any atom is 0.123 e. The average molecular weight is 235 g/mol. The summed E-state index contributed by atoms with van der Waals surface area (Å²) in [6.07, 6.45) is 0.796. The van der Waals surface area contributed by atoms with E-state index in [1.165, 1.54) is 12.1 Å². The van der Waals surface area contributed by atoms with Gasteiger partial charge in [-0.1, -0.05) is 18.5 Å². The van der Waals surface area contributed by atoms with E-state index in [9.17, 15) is 4.39 Å². The van der Waals surface area contributed by atoms with Gasteiger partial charge in [0.25, 0.3) is 0 Å². The van der Waals surface area contributed by atoms with Gasteiger partial charge in [-0.3, -0.25) is 0 Å². The quantitative estimate of drug-likeness (QED) is 0.671. The molecule has 3 heteroatoms. The number of halogens is 3. The van der Waals surface area contributed by atoms with Crippen molar-refractivity contribution in [3.8, 4) is 0 Å². The number of rotatable bonds is 3. The monoisotopic (exact) mass is 234 g/mol. The zero-order valence-corrected chi connectivity index (χ0v) is 9.74. The van der Waals surface area contributed by atoms with Crippen molar-refractivity contribution in [2.75, 3.05) is 0 Å². The fourth-order valence-electron chi connectivity index (χ4n) is 1.51. The van der Waals surface area contributed by atoms with Crippen LogP contribution in [-0.2, 0) is 0 Å². The van der Waals surface area contributed by atoms with Crippen LogP contribution in [0.15, 0.2) is 18.2 Å². The number of hydrogen-bond donors (Lipinski definition) is 0. The summed E-state index contributed by atoms with van der Waals surface area (Å²) in [7, 11) is 0. The minimum Gasteiger partial charge on any atom is -0.207 e. The first-order valence-electron chi connectivity index (χ1n) is 4.59. The van der Waals surface area contributed by atoms with Crippen LogP contribution in [0.2, 0.25) is 5.02 Å². The minimum absolute atomic E-state index is 0.0735. The second-order valence-corrected chi connectivity index (χ2v) is 4.74. The highest BCUT2D eigenvalue weighted by atomic mass is 35.5. The molecule has 0 saturated heterocycles. The summed E-state index contributed by atoms with van der Waals surface area (Å²) < 4.78 is 13.0. The van der Waals surface area contributed by atoms with Gasteiger partial charge in [-0.2, -0.15) is 0 Å². The zero-order chi connectivity index (χ0) is 10.7. The molecule has 0 N–H and O–H groups in total. The molecule has 2 atom stereocenters. The maximum absolute atomic E-state index is 13.0. The largest absolute Gasteiger partial charge is 0.207 e. The minimum atomic E-state index is -0.251. The molecule has 0 aliphatic heterocycles. The standard InChI is InChI=1S/C11H13Cl2F/c1-7(5-8(2)12)10-6-9(14)3-4-11(10)13/h3-4,6-8H,5H2,1-2H3. The van der Waals surface area contributed by atoms with Crippen LogP contribution in [-0.4, -0.2) is 5.38 Å². The molecule has 0 bridgehead atoms. The van der Waals surface area contributed by atoms with E-state index in [1.807, 2.05) is 13.8 Å². The molecule has 0 spiro atoms. The highest BCUT2D eigenvalue weighted by Crippen LogP contribution is 2.29. The van der Waals surface area contributed by atoms with Gasteiger partial charge in [0.05, 0.1) is 0 Å². The number of hydrogen-bond acceptors (Lipinski definition) is 0. The topological polar surface area (TPSA) is 0 Å². The Labute approximate surface area is 94.0 Å². The Morgan fingerprint density at radius 3 is 2.57 bits per heavy atom. The van der Waals surface area contributed by atoms with Crippen molar-refractivity contribution in [1.82, 2.24) is 0 Å². The van der Waals surface area contributed by atoms with E-state index in [2.05, 4.69) is 0 Å². The van der Waals surface area contributed by atoms with E-state index in [4.69, 9.17) is 23.2 Å². The molecular weight excluding hydrogens is 222 g/mol. The molecule has 78 valence electrons. The molecular formula is C11H13Cl2F. The van der Waals surface area contributed by atoms with Gasteiger partial charge in [-0.25, -0.2) is 4.39 Å². The van der Waals surface area contributed by atoms with Crippen LogP contribution < -0.4 is 0 Å². The second-order valence-electron chi connectivity index (χ2n) is 3.58. The highest BCUT2D eigenvalue weighted by Gasteiger charge is 2.12.